The Morgan fingerprint density at radius 2 is 2.00 bits per heavy atom. The van der Waals surface area contributed by atoms with Gasteiger partial charge in [-0.2, -0.15) is 0 Å². The van der Waals surface area contributed by atoms with Crippen molar-refractivity contribution in [2.75, 3.05) is 11.1 Å². The number of benzene rings is 2. The summed E-state index contributed by atoms with van der Waals surface area (Å²) < 4.78 is 1.95. The predicted octanol–water partition coefficient (Wildman–Crippen LogP) is 3.17. The number of carbonyl (C=O) groups is 1. The molecule has 0 aliphatic heterocycles. The summed E-state index contributed by atoms with van der Waals surface area (Å²) in [4.78, 5) is 12.1. The summed E-state index contributed by atoms with van der Waals surface area (Å²) in [6, 6.07) is 15.3. The lowest BCUT2D eigenvalue weighted by Crippen LogP contribution is -2.18. The number of carbonyl (C=O) groups excluding carboxylic acids is 1. The van der Waals surface area contributed by atoms with E-state index in [2.05, 4.69) is 18.3 Å². The van der Waals surface area contributed by atoms with Gasteiger partial charge in [-0.1, -0.05) is 18.2 Å². The molecule has 1 aromatic heterocycles. The fourth-order valence-electron chi connectivity index (χ4n) is 2.49. The van der Waals surface area contributed by atoms with Crippen LogP contribution in [0.25, 0.3) is 10.9 Å². The third-order valence-electron chi connectivity index (χ3n) is 3.52. The van der Waals surface area contributed by atoms with Crippen LogP contribution in [0.1, 0.15) is 5.56 Å². The molecular weight excluding hydrogens is 262 g/mol. The number of nitrogens with two attached hydrogens (primary N) is 1. The molecule has 0 saturated heterocycles. The number of anilines is 2. The molecule has 0 bridgehead atoms. The van der Waals surface area contributed by atoms with Crippen molar-refractivity contribution < 1.29 is 4.79 Å². The van der Waals surface area contributed by atoms with Gasteiger partial charge in [-0.15, -0.1) is 0 Å². The molecule has 1 heterocycles. The van der Waals surface area contributed by atoms with Gasteiger partial charge in [0.1, 0.15) is 6.54 Å². The predicted molar refractivity (Wildman–Crippen MR) is 86.2 cm³/mol. The van der Waals surface area contributed by atoms with Crippen molar-refractivity contribution in [2.24, 2.45) is 0 Å². The number of hydrogen-bond donors (Lipinski definition) is 2. The summed E-state index contributed by atoms with van der Waals surface area (Å²) in [6.45, 7) is 2.35. The minimum absolute atomic E-state index is 0.0698. The fraction of sp³-hybridized carbons (Fsp3) is 0.118. The van der Waals surface area contributed by atoms with E-state index in [0.717, 1.165) is 5.52 Å². The van der Waals surface area contributed by atoms with Crippen molar-refractivity contribution in [1.29, 1.82) is 0 Å². The van der Waals surface area contributed by atoms with Gasteiger partial charge < -0.3 is 15.6 Å². The molecule has 3 aromatic rings. The van der Waals surface area contributed by atoms with E-state index in [1.165, 1.54) is 10.9 Å². The first kappa shape index (κ1) is 13.2. The summed E-state index contributed by atoms with van der Waals surface area (Å²) >= 11 is 0. The van der Waals surface area contributed by atoms with Gasteiger partial charge in [-0.3, -0.25) is 4.79 Å². The van der Waals surface area contributed by atoms with E-state index >= 15 is 0 Å². The zero-order valence-corrected chi connectivity index (χ0v) is 11.8. The van der Waals surface area contributed by atoms with Crippen LogP contribution in [0.15, 0.2) is 54.7 Å². The van der Waals surface area contributed by atoms with Gasteiger partial charge in [0.25, 0.3) is 0 Å². The number of nitrogens with one attached hydrogen (secondary N) is 1. The third-order valence-corrected chi connectivity index (χ3v) is 3.52. The summed E-state index contributed by atoms with van der Waals surface area (Å²) in [6.07, 6.45) is 1.94. The van der Waals surface area contributed by atoms with Crippen molar-refractivity contribution in [3.8, 4) is 0 Å². The van der Waals surface area contributed by atoms with Crippen LogP contribution in [0.4, 0.5) is 11.4 Å². The molecule has 4 nitrogen and oxygen atoms in total. The number of hydrogen-bond acceptors (Lipinski definition) is 2. The fourth-order valence-corrected chi connectivity index (χ4v) is 2.49. The first-order chi connectivity index (χ1) is 10.1. The molecule has 106 valence electrons. The Morgan fingerprint density at radius 1 is 1.19 bits per heavy atom. The second-order valence-electron chi connectivity index (χ2n) is 5.12. The highest BCUT2D eigenvalue weighted by Crippen LogP contribution is 2.19. The minimum Gasteiger partial charge on any atom is -0.399 e. The highest BCUT2D eigenvalue weighted by atomic mass is 16.1. The Kier molecular flexibility index (Phi) is 3.36. The molecule has 21 heavy (non-hydrogen) atoms. The number of nitrogens with zero attached hydrogens (tertiary/aromatic N) is 1. The zero-order valence-electron chi connectivity index (χ0n) is 11.8. The van der Waals surface area contributed by atoms with Gasteiger partial charge in [-0.25, -0.2) is 0 Å². The Balaban J connectivity index is 1.79. The van der Waals surface area contributed by atoms with E-state index < -0.39 is 0 Å². The number of fused-ring (bicyclic) bond motifs is 1. The van der Waals surface area contributed by atoms with Crippen LogP contribution >= 0.6 is 0 Å². The molecule has 0 aliphatic carbocycles. The molecule has 3 N–H and O–H groups in total. The quantitative estimate of drug-likeness (QED) is 0.723. The van der Waals surface area contributed by atoms with Crippen molar-refractivity contribution in [2.45, 2.75) is 13.5 Å². The van der Waals surface area contributed by atoms with Crippen LogP contribution in [0.2, 0.25) is 0 Å². The van der Waals surface area contributed by atoms with E-state index in [0.29, 0.717) is 11.4 Å². The number of aryl methyl sites for hydroxylation is 1. The van der Waals surface area contributed by atoms with E-state index in [1.54, 1.807) is 12.1 Å². The number of rotatable bonds is 3. The normalized spacial score (nSPS) is 10.7. The molecule has 4 heteroatoms. The first-order valence-corrected chi connectivity index (χ1v) is 6.83. The third kappa shape index (κ3) is 2.74. The Labute approximate surface area is 123 Å². The molecule has 0 radical (unpaired) electrons. The van der Waals surface area contributed by atoms with Gasteiger partial charge in [0, 0.05) is 28.5 Å². The molecule has 0 fully saturated rings. The smallest absolute Gasteiger partial charge is 0.244 e. The van der Waals surface area contributed by atoms with Crippen LogP contribution in [0.3, 0.4) is 0 Å². The van der Waals surface area contributed by atoms with Crippen molar-refractivity contribution in [3.63, 3.8) is 0 Å². The summed E-state index contributed by atoms with van der Waals surface area (Å²) in [7, 11) is 0. The summed E-state index contributed by atoms with van der Waals surface area (Å²) in [5, 5.41) is 4.04. The lowest BCUT2D eigenvalue weighted by atomic mass is 10.1. The molecular formula is C17H17N3O. The molecule has 0 spiro atoms. The highest BCUT2D eigenvalue weighted by Gasteiger charge is 2.07. The van der Waals surface area contributed by atoms with Gasteiger partial charge in [-0.05, 0) is 42.8 Å². The van der Waals surface area contributed by atoms with E-state index in [-0.39, 0.29) is 12.5 Å². The van der Waals surface area contributed by atoms with Crippen LogP contribution in [0, 0.1) is 6.92 Å². The molecule has 1 amide bonds. The van der Waals surface area contributed by atoms with Gasteiger partial charge in [0.2, 0.25) is 5.91 Å². The average molecular weight is 279 g/mol. The lowest BCUT2D eigenvalue weighted by molar-refractivity contribution is -0.116. The Hall–Kier alpha value is -2.75. The number of aromatic nitrogens is 1. The second-order valence-corrected chi connectivity index (χ2v) is 5.12. The van der Waals surface area contributed by atoms with E-state index in [1.807, 2.05) is 41.1 Å². The summed E-state index contributed by atoms with van der Waals surface area (Å²) in [5.74, 6) is -0.0698. The van der Waals surface area contributed by atoms with Gasteiger partial charge in [0.15, 0.2) is 0 Å². The Morgan fingerprint density at radius 3 is 2.81 bits per heavy atom. The van der Waals surface area contributed by atoms with Crippen LogP contribution in [-0.4, -0.2) is 10.5 Å². The molecule has 0 unspecified atom stereocenters. The average Bonchev–Trinajstić information content (AvgIpc) is 2.83. The molecule has 0 atom stereocenters. The van der Waals surface area contributed by atoms with Gasteiger partial charge >= 0.3 is 0 Å². The van der Waals surface area contributed by atoms with E-state index in [4.69, 9.17) is 5.73 Å². The largest absolute Gasteiger partial charge is 0.399 e. The van der Waals surface area contributed by atoms with E-state index in [9.17, 15) is 4.79 Å². The van der Waals surface area contributed by atoms with Crippen molar-refractivity contribution in [1.82, 2.24) is 4.57 Å². The summed E-state index contributed by atoms with van der Waals surface area (Å²) in [5.41, 5.74) is 9.33. The highest BCUT2D eigenvalue weighted by molar-refractivity contribution is 5.92. The number of amides is 1. The minimum atomic E-state index is -0.0698. The standard InChI is InChI=1S/C17H17N3O/c1-12-4-2-7-16-15(12)8-9-20(16)11-17(21)19-14-6-3-5-13(18)10-14/h2-10H,11,18H2,1H3,(H,19,21). The topological polar surface area (TPSA) is 60.0 Å². The molecule has 2 aromatic carbocycles. The van der Waals surface area contributed by atoms with Crippen LogP contribution < -0.4 is 11.1 Å². The monoisotopic (exact) mass is 279 g/mol. The second kappa shape index (κ2) is 5.32. The maximum Gasteiger partial charge on any atom is 0.244 e. The van der Waals surface area contributed by atoms with Gasteiger partial charge in [0.05, 0.1) is 0 Å². The van der Waals surface area contributed by atoms with Crippen molar-refractivity contribution >= 4 is 28.2 Å². The molecule has 0 saturated carbocycles. The van der Waals surface area contributed by atoms with Crippen LogP contribution in [-0.2, 0) is 11.3 Å². The van der Waals surface area contributed by atoms with Crippen LogP contribution in [0.5, 0.6) is 0 Å². The molecule has 3 rings (SSSR count). The number of nitrogen functional groups attached to an aromatic ring is 1. The maximum absolute atomic E-state index is 12.1. The first-order valence-electron chi connectivity index (χ1n) is 6.83. The SMILES string of the molecule is Cc1cccc2c1ccn2CC(=O)Nc1cccc(N)c1. The molecule has 0 aliphatic rings. The van der Waals surface area contributed by atoms with Crippen molar-refractivity contribution in [3.05, 3.63) is 60.3 Å². The lowest BCUT2D eigenvalue weighted by Gasteiger charge is -2.08. The zero-order chi connectivity index (χ0) is 14.8. The Bertz CT molecular complexity index is 805. The maximum atomic E-state index is 12.1.